The molecule has 0 spiro atoms. The van der Waals surface area contributed by atoms with E-state index in [0.29, 0.717) is 6.54 Å². The van der Waals surface area contributed by atoms with E-state index in [1.165, 1.54) is 11.3 Å². The lowest BCUT2D eigenvalue weighted by Crippen LogP contribution is -2.12. The Balaban J connectivity index is 1.83. The van der Waals surface area contributed by atoms with Crippen LogP contribution in [0.3, 0.4) is 0 Å². The van der Waals surface area contributed by atoms with Crippen LogP contribution < -0.4 is 4.80 Å². The predicted molar refractivity (Wildman–Crippen MR) is 105 cm³/mol. The Morgan fingerprint density at radius 2 is 2.08 bits per heavy atom. The van der Waals surface area contributed by atoms with Gasteiger partial charge in [0.2, 0.25) is 4.80 Å². The van der Waals surface area contributed by atoms with Crippen molar-refractivity contribution in [2.75, 3.05) is 6.54 Å². The van der Waals surface area contributed by atoms with Crippen LogP contribution in [0.2, 0.25) is 0 Å². The third-order valence-corrected chi connectivity index (χ3v) is 4.57. The summed E-state index contributed by atoms with van der Waals surface area (Å²) in [6, 6.07) is 15.7. The summed E-state index contributed by atoms with van der Waals surface area (Å²) in [7, 11) is 0. The molecule has 26 heavy (non-hydrogen) atoms. The Kier molecular flexibility index (Phi) is 4.57. The van der Waals surface area contributed by atoms with Crippen molar-refractivity contribution in [3.05, 3.63) is 83.3 Å². The molecule has 3 heterocycles. The van der Waals surface area contributed by atoms with E-state index in [4.69, 9.17) is 4.42 Å². The third kappa shape index (κ3) is 3.27. The molecular formula is C20H16N4OS. The molecule has 1 aromatic carbocycles. The first-order valence-electron chi connectivity index (χ1n) is 8.11. The lowest BCUT2D eigenvalue weighted by Gasteiger charge is -2.00. The van der Waals surface area contributed by atoms with Crippen LogP contribution in [0.5, 0.6) is 0 Å². The van der Waals surface area contributed by atoms with Crippen molar-refractivity contribution in [2.24, 2.45) is 10.1 Å². The second-order valence-electron chi connectivity index (χ2n) is 5.49. The molecule has 0 saturated heterocycles. The SMILES string of the molecule is C=CCN=c1scc(-c2cc3ccccc3o2)n1N=Cc1ccccn1. The number of furan rings is 1. The number of pyridine rings is 1. The quantitative estimate of drug-likeness (QED) is 0.393. The zero-order valence-corrected chi connectivity index (χ0v) is 14.8. The average Bonchev–Trinajstić information content (AvgIpc) is 3.29. The summed E-state index contributed by atoms with van der Waals surface area (Å²) in [5.74, 6) is 0.751. The van der Waals surface area contributed by atoms with Crippen molar-refractivity contribution < 1.29 is 4.42 Å². The van der Waals surface area contributed by atoms with E-state index < -0.39 is 0 Å². The molecule has 0 amide bonds. The molecule has 5 nitrogen and oxygen atoms in total. The molecule has 0 aliphatic heterocycles. The van der Waals surface area contributed by atoms with Crippen molar-refractivity contribution in [3.63, 3.8) is 0 Å². The Labute approximate surface area is 154 Å². The Bertz CT molecular complexity index is 1100. The molecule has 128 valence electrons. The van der Waals surface area contributed by atoms with E-state index in [1.54, 1.807) is 23.2 Å². The summed E-state index contributed by atoms with van der Waals surface area (Å²) in [4.78, 5) is 9.57. The molecule has 4 rings (SSSR count). The van der Waals surface area contributed by atoms with Crippen LogP contribution in [0.1, 0.15) is 5.69 Å². The second-order valence-corrected chi connectivity index (χ2v) is 6.33. The molecule has 3 aromatic heterocycles. The lowest BCUT2D eigenvalue weighted by molar-refractivity contribution is 0.621. The zero-order chi connectivity index (χ0) is 17.8. The number of rotatable bonds is 5. The van der Waals surface area contributed by atoms with Gasteiger partial charge in [-0.25, -0.2) is 4.68 Å². The number of fused-ring (bicyclic) bond motifs is 1. The highest BCUT2D eigenvalue weighted by Gasteiger charge is 2.12. The molecule has 0 unspecified atom stereocenters. The number of benzene rings is 1. The lowest BCUT2D eigenvalue weighted by atomic mass is 10.2. The van der Waals surface area contributed by atoms with Gasteiger partial charge in [0.25, 0.3) is 0 Å². The number of nitrogens with zero attached hydrogens (tertiary/aromatic N) is 4. The summed E-state index contributed by atoms with van der Waals surface area (Å²) in [5, 5.41) is 7.64. The van der Waals surface area contributed by atoms with Crippen LogP contribution in [0.4, 0.5) is 0 Å². The molecule has 4 aromatic rings. The third-order valence-electron chi connectivity index (χ3n) is 3.71. The summed E-state index contributed by atoms with van der Waals surface area (Å²) < 4.78 is 7.78. The van der Waals surface area contributed by atoms with Crippen molar-refractivity contribution in [1.82, 2.24) is 9.66 Å². The minimum Gasteiger partial charge on any atom is -0.454 e. The first kappa shape index (κ1) is 16.2. The summed E-state index contributed by atoms with van der Waals surface area (Å²) in [5.41, 5.74) is 2.47. The summed E-state index contributed by atoms with van der Waals surface area (Å²) >= 11 is 1.51. The van der Waals surface area contributed by atoms with Crippen LogP contribution in [-0.4, -0.2) is 22.4 Å². The van der Waals surface area contributed by atoms with Crippen molar-refractivity contribution in [2.45, 2.75) is 0 Å². The molecule has 0 aliphatic carbocycles. The van der Waals surface area contributed by atoms with E-state index >= 15 is 0 Å². The first-order chi connectivity index (χ1) is 12.8. The van der Waals surface area contributed by atoms with Gasteiger partial charge in [-0.3, -0.25) is 9.98 Å². The maximum atomic E-state index is 6.00. The van der Waals surface area contributed by atoms with Crippen LogP contribution in [-0.2, 0) is 0 Å². The van der Waals surface area contributed by atoms with E-state index in [9.17, 15) is 0 Å². The maximum Gasteiger partial charge on any atom is 0.206 e. The predicted octanol–water partition coefficient (Wildman–Crippen LogP) is 4.33. The van der Waals surface area contributed by atoms with Crippen LogP contribution >= 0.6 is 11.3 Å². The number of aromatic nitrogens is 2. The normalized spacial score (nSPS) is 12.2. The van der Waals surface area contributed by atoms with Gasteiger partial charge in [-0.15, -0.1) is 17.9 Å². The monoisotopic (exact) mass is 360 g/mol. The van der Waals surface area contributed by atoms with Gasteiger partial charge >= 0.3 is 0 Å². The largest absolute Gasteiger partial charge is 0.454 e. The van der Waals surface area contributed by atoms with Crippen LogP contribution in [0.25, 0.3) is 22.4 Å². The second kappa shape index (κ2) is 7.33. The fourth-order valence-electron chi connectivity index (χ4n) is 2.51. The van der Waals surface area contributed by atoms with Gasteiger partial charge in [0.15, 0.2) is 5.76 Å². The van der Waals surface area contributed by atoms with Crippen molar-refractivity contribution in [1.29, 1.82) is 0 Å². The van der Waals surface area contributed by atoms with Gasteiger partial charge in [-0.2, -0.15) is 5.10 Å². The standard InChI is InChI=1S/C20H16N4OS/c1-2-10-22-20-24(23-13-16-8-5-6-11-21-16)17(14-26-20)19-12-15-7-3-4-9-18(15)25-19/h2-9,11-14H,1,10H2. The highest BCUT2D eigenvalue weighted by molar-refractivity contribution is 7.07. The van der Waals surface area contributed by atoms with Gasteiger partial charge in [0, 0.05) is 17.0 Å². The van der Waals surface area contributed by atoms with Crippen molar-refractivity contribution >= 4 is 28.5 Å². The van der Waals surface area contributed by atoms with E-state index in [2.05, 4.69) is 21.7 Å². The molecule has 0 radical (unpaired) electrons. The molecule has 0 atom stereocenters. The fraction of sp³-hybridized carbons (Fsp3) is 0.0500. The maximum absolute atomic E-state index is 6.00. The van der Waals surface area contributed by atoms with Gasteiger partial charge in [-0.1, -0.05) is 30.3 Å². The number of hydrogen-bond donors (Lipinski definition) is 0. The summed E-state index contributed by atoms with van der Waals surface area (Å²) in [6.07, 6.45) is 5.21. The summed E-state index contributed by atoms with van der Waals surface area (Å²) in [6.45, 7) is 4.25. The molecule has 0 saturated carbocycles. The molecule has 0 N–H and O–H groups in total. The average molecular weight is 360 g/mol. The zero-order valence-electron chi connectivity index (χ0n) is 13.9. The Hall–Kier alpha value is -3.25. The minimum absolute atomic E-state index is 0.527. The van der Waals surface area contributed by atoms with Crippen LogP contribution in [0, 0.1) is 0 Å². The minimum atomic E-state index is 0.527. The van der Waals surface area contributed by atoms with E-state index in [1.807, 2.05) is 53.9 Å². The van der Waals surface area contributed by atoms with Crippen molar-refractivity contribution in [3.8, 4) is 11.5 Å². The highest BCUT2D eigenvalue weighted by Crippen LogP contribution is 2.28. The van der Waals surface area contributed by atoms with Gasteiger partial charge in [0.1, 0.15) is 11.3 Å². The molecule has 0 aliphatic rings. The van der Waals surface area contributed by atoms with E-state index in [0.717, 1.165) is 32.9 Å². The Morgan fingerprint density at radius 1 is 1.19 bits per heavy atom. The number of thiazole rings is 1. The number of para-hydroxylation sites is 1. The van der Waals surface area contributed by atoms with Gasteiger partial charge < -0.3 is 4.42 Å². The van der Waals surface area contributed by atoms with E-state index in [-0.39, 0.29) is 0 Å². The smallest absolute Gasteiger partial charge is 0.206 e. The van der Waals surface area contributed by atoms with Gasteiger partial charge in [-0.05, 0) is 24.3 Å². The van der Waals surface area contributed by atoms with Gasteiger partial charge in [0.05, 0.1) is 18.5 Å². The topological polar surface area (TPSA) is 55.7 Å². The van der Waals surface area contributed by atoms with Crippen LogP contribution in [0.15, 0.2) is 87.3 Å². The first-order valence-corrected chi connectivity index (χ1v) is 8.99. The molecule has 6 heteroatoms. The highest BCUT2D eigenvalue weighted by atomic mass is 32.1. The molecule has 0 bridgehead atoms. The Morgan fingerprint density at radius 3 is 2.88 bits per heavy atom. The fourth-order valence-corrected chi connectivity index (χ4v) is 3.34. The molecule has 0 fully saturated rings. The molecular weight excluding hydrogens is 344 g/mol. The number of hydrogen-bond acceptors (Lipinski definition) is 5.